The maximum absolute atomic E-state index is 12.0. The average molecular weight is 296 g/mol. The highest BCUT2D eigenvalue weighted by Crippen LogP contribution is 2.30. The zero-order valence-electron chi connectivity index (χ0n) is 14.2. The van der Waals surface area contributed by atoms with Gasteiger partial charge in [-0.15, -0.1) is 0 Å². The van der Waals surface area contributed by atoms with Gasteiger partial charge in [0.05, 0.1) is 0 Å². The van der Waals surface area contributed by atoms with Crippen LogP contribution in [0.4, 0.5) is 0 Å². The second-order valence-corrected chi connectivity index (χ2v) is 6.87. The van der Waals surface area contributed by atoms with Crippen LogP contribution < -0.4 is 11.1 Å². The first-order valence-corrected chi connectivity index (χ1v) is 9.16. The van der Waals surface area contributed by atoms with Crippen molar-refractivity contribution >= 4 is 5.91 Å². The first-order valence-electron chi connectivity index (χ1n) is 9.16. The van der Waals surface area contributed by atoms with E-state index in [1.165, 1.54) is 44.9 Å². The van der Waals surface area contributed by atoms with E-state index >= 15 is 0 Å². The molecule has 21 heavy (non-hydrogen) atoms. The van der Waals surface area contributed by atoms with Crippen LogP contribution in [0.2, 0.25) is 0 Å². The minimum absolute atomic E-state index is 0.241. The first-order chi connectivity index (χ1) is 10.2. The number of rotatable bonds is 10. The topological polar surface area (TPSA) is 55.1 Å². The van der Waals surface area contributed by atoms with Crippen molar-refractivity contribution in [1.82, 2.24) is 5.32 Å². The molecule has 1 atom stereocenters. The number of carbonyl (C=O) groups excluding carboxylic acids is 1. The van der Waals surface area contributed by atoms with Gasteiger partial charge in [-0.05, 0) is 50.0 Å². The molecule has 3 N–H and O–H groups in total. The summed E-state index contributed by atoms with van der Waals surface area (Å²) in [6, 6.07) is 0. The normalized spacial score (nSPS) is 23.8. The monoisotopic (exact) mass is 296 g/mol. The van der Waals surface area contributed by atoms with Crippen LogP contribution in [0.25, 0.3) is 0 Å². The molecule has 3 heteroatoms. The van der Waals surface area contributed by atoms with Crippen LogP contribution in [0, 0.1) is 17.8 Å². The van der Waals surface area contributed by atoms with E-state index in [0.29, 0.717) is 18.3 Å². The predicted molar refractivity (Wildman–Crippen MR) is 90.1 cm³/mol. The molecule has 1 aliphatic carbocycles. The lowest BCUT2D eigenvalue weighted by atomic mass is 9.81. The van der Waals surface area contributed by atoms with Gasteiger partial charge in [-0.2, -0.15) is 0 Å². The molecule has 0 aromatic heterocycles. The smallest absolute Gasteiger partial charge is 0.220 e. The van der Waals surface area contributed by atoms with Crippen LogP contribution in [0.1, 0.15) is 78.1 Å². The van der Waals surface area contributed by atoms with Crippen molar-refractivity contribution in [3.8, 4) is 0 Å². The number of amides is 1. The maximum atomic E-state index is 12.0. The third kappa shape index (κ3) is 7.85. The fourth-order valence-corrected chi connectivity index (χ4v) is 3.60. The molecule has 0 aliphatic heterocycles. The van der Waals surface area contributed by atoms with Crippen LogP contribution in [0.5, 0.6) is 0 Å². The summed E-state index contributed by atoms with van der Waals surface area (Å²) in [5.41, 5.74) is 5.64. The van der Waals surface area contributed by atoms with Crippen LogP contribution >= 0.6 is 0 Å². The summed E-state index contributed by atoms with van der Waals surface area (Å²) in [6.45, 7) is 6.13. The molecule has 0 radical (unpaired) electrons. The van der Waals surface area contributed by atoms with Gasteiger partial charge in [0.1, 0.15) is 0 Å². The largest absolute Gasteiger partial charge is 0.356 e. The summed E-state index contributed by atoms with van der Waals surface area (Å²) in [5.74, 6) is 2.52. The highest BCUT2D eigenvalue weighted by molar-refractivity contribution is 5.75. The Hall–Kier alpha value is -0.570. The molecule has 0 spiro atoms. The Kier molecular flexibility index (Phi) is 9.73. The molecule has 124 valence electrons. The van der Waals surface area contributed by atoms with Crippen molar-refractivity contribution in [2.45, 2.75) is 78.1 Å². The molecule has 1 aliphatic rings. The summed E-state index contributed by atoms with van der Waals surface area (Å²) >= 11 is 0. The lowest BCUT2D eigenvalue weighted by Gasteiger charge is -2.27. The van der Waals surface area contributed by atoms with Crippen LogP contribution in [-0.2, 0) is 4.79 Å². The molecule has 1 amide bonds. The molecule has 1 unspecified atom stereocenters. The Morgan fingerprint density at radius 3 is 2.33 bits per heavy atom. The summed E-state index contributed by atoms with van der Waals surface area (Å²) in [5, 5.41) is 3.15. The molecular weight excluding hydrogens is 260 g/mol. The third-order valence-corrected chi connectivity index (χ3v) is 5.18. The fourth-order valence-electron chi connectivity index (χ4n) is 3.60. The Bertz CT molecular complexity index is 266. The second kappa shape index (κ2) is 11.1. The van der Waals surface area contributed by atoms with Gasteiger partial charge in [-0.1, -0.05) is 46.0 Å². The number of nitrogens with one attached hydrogen (secondary N) is 1. The van der Waals surface area contributed by atoms with E-state index in [1.54, 1.807) is 0 Å². The van der Waals surface area contributed by atoms with Gasteiger partial charge in [-0.25, -0.2) is 0 Å². The number of hydrogen-bond donors (Lipinski definition) is 2. The molecule has 1 saturated carbocycles. The Balaban J connectivity index is 2.13. The lowest BCUT2D eigenvalue weighted by Crippen LogP contribution is -2.31. The van der Waals surface area contributed by atoms with Crippen LogP contribution in [0.3, 0.4) is 0 Å². The molecule has 3 nitrogen and oxygen atoms in total. The zero-order valence-corrected chi connectivity index (χ0v) is 14.2. The summed E-state index contributed by atoms with van der Waals surface area (Å²) < 4.78 is 0. The van der Waals surface area contributed by atoms with Gasteiger partial charge in [0.2, 0.25) is 5.91 Å². The van der Waals surface area contributed by atoms with Crippen molar-refractivity contribution < 1.29 is 4.79 Å². The predicted octanol–water partition coefficient (Wildman–Crippen LogP) is 3.86. The molecule has 0 heterocycles. The van der Waals surface area contributed by atoms with Gasteiger partial charge in [0.15, 0.2) is 0 Å². The third-order valence-electron chi connectivity index (χ3n) is 5.18. The SMILES string of the molecule is CCCC(CCN)CCC(=O)NCC1CCC(CC)CC1. The minimum Gasteiger partial charge on any atom is -0.356 e. The Morgan fingerprint density at radius 2 is 1.76 bits per heavy atom. The fraction of sp³-hybridized carbons (Fsp3) is 0.944. The zero-order chi connectivity index (χ0) is 15.5. The Morgan fingerprint density at radius 1 is 1.10 bits per heavy atom. The van der Waals surface area contributed by atoms with E-state index in [0.717, 1.165) is 31.8 Å². The van der Waals surface area contributed by atoms with Gasteiger partial charge in [-0.3, -0.25) is 4.79 Å². The molecule has 1 rings (SSSR count). The minimum atomic E-state index is 0.241. The average Bonchev–Trinajstić information content (AvgIpc) is 2.51. The molecule has 0 bridgehead atoms. The van der Waals surface area contributed by atoms with Crippen molar-refractivity contribution in [1.29, 1.82) is 0 Å². The maximum Gasteiger partial charge on any atom is 0.220 e. The molecule has 0 aromatic carbocycles. The van der Waals surface area contributed by atoms with Crippen LogP contribution in [-0.4, -0.2) is 19.0 Å². The highest BCUT2D eigenvalue weighted by Gasteiger charge is 2.20. The van der Waals surface area contributed by atoms with Gasteiger partial charge < -0.3 is 11.1 Å². The van der Waals surface area contributed by atoms with Crippen molar-refractivity contribution in [2.24, 2.45) is 23.5 Å². The molecule has 0 aromatic rings. The molecule has 0 saturated heterocycles. The number of hydrogen-bond acceptors (Lipinski definition) is 2. The quantitative estimate of drug-likeness (QED) is 0.643. The van der Waals surface area contributed by atoms with Crippen molar-refractivity contribution in [3.05, 3.63) is 0 Å². The van der Waals surface area contributed by atoms with E-state index in [-0.39, 0.29) is 5.91 Å². The molecule has 1 fully saturated rings. The number of nitrogens with two attached hydrogens (primary N) is 1. The van der Waals surface area contributed by atoms with Gasteiger partial charge in [0.25, 0.3) is 0 Å². The van der Waals surface area contributed by atoms with Gasteiger partial charge in [0, 0.05) is 13.0 Å². The summed E-state index contributed by atoms with van der Waals surface area (Å²) in [7, 11) is 0. The standard InChI is InChI=1S/C18H36N2O/c1-3-5-16(12-13-19)10-11-18(21)20-14-17-8-6-15(4-2)7-9-17/h15-17H,3-14,19H2,1-2H3,(H,20,21). The van der Waals surface area contributed by atoms with E-state index in [2.05, 4.69) is 19.2 Å². The van der Waals surface area contributed by atoms with Gasteiger partial charge >= 0.3 is 0 Å². The molecular formula is C18H36N2O. The van der Waals surface area contributed by atoms with E-state index in [9.17, 15) is 4.79 Å². The van der Waals surface area contributed by atoms with Crippen molar-refractivity contribution in [2.75, 3.05) is 13.1 Å². The van der Waals surface area contributed by atoms with Crippen molar-refractivity contribution in [3.63, 3.8) is 0 Å². The van der Waals surface area contributed by atoms with E-state index in [1.807, 2.05) is 0 Å². The lowest BCUT2D eigenvalue weighted by molar-refractivity contribution is -0.121. The number of carbonyl (C=O) groups is 1. The van der Waals surface area contributed by atoms with Crippen LogP contribution in [0.15, 0.2) is 0 Å². The first kappa shape index (κ1) is 18.5. The highest BCUT2D eigenvalue weighted by atomic mass is 16.1. The van der Waals surface area contributed by atoms with E-state index in [4.69, 9.17) is 5.73 Å². The Labute approximate surface area is 131 Å². The summed E-state index contributed by atoms with van der Waals surface area (Å²) in [4.78, 5) is 12.0. The summed E-state index contributed by atoms with van der Waals surface area (Å²) in [6.07, 6.45) is 11.7. The van der Waals surface area contributed by atoms with E-state index < -0.39 is 0 Å². The second-order valence-electron chi connectivity index (χ2n) is 6.87.